The molecule has 0 aliphatic carbocycles. The average molecular weight is 300 g/mol. The van der Waals surface area contributed by atoms with Crippen molar-refractivity contribution < 1.29 is 14.3 Å². The third-order valence-electron chi connectivity index (χ3n) is 2.93. The van der Waals surface area contributed by atoms with Gasteiger partial charge < -0.3 is 15.3 Å². The second-order valence-electron chi connectivity index (χ2n) is 4.50. The van der Waals surface area contributed by atoms with Gasteiger partial charge >= 0.3 is 5.97 Å². The van der Waals surface area contributed by atoms with E-state index in [1.54, 1.807) is 6.07 Å². The van der Waals surface area contributed by atoms with Gasteiger partial charge in [-0.05, 0) is 24.3 Å². The Bertz CT molecular complexity index is 792. The molecule has 0 atom stereocenters. The Balaban J connectivity index is 1.80. The van der Waals surface area contributed by atoms with Crippen LogP contribution in [-0.4, -0.2) is 16.1 Å². The molecule has 0 amide bonds. The maximum atomic E-state index is 10.8. The van der Waals surface area contributed by atoms with Crippen LogP contribution in [0.5, 0.6) is 0 Å². The number of aromatic nitrogens is 1. The number of hydrogen-bond donors (Lipinski definition) is 2. The van der Waals surface area contributed by atoms with Crippen LogP contribution in [0.3, 0.4) is 0 Å². The number of nitrogens with two attached hydrogens (primary N) is 1. The first-order chi connectivity index (χ1) is 10.1. The Kier molecular flexibility index (Phi) is 3.45. The SMILES string of the molecule is Nc1cccc(-c2csc(Cc3ccc(C(=O)O)o3)n2)c1. The number of thiazole rings is 1. The fourth-order valence-corrected chi connectivity index (χ4v) is 2.77. The number of hydrogen-bond acceptors (Lipinski definition) is 5. The first-order valence-electron chi connectivity index (χ1n) is 6.24. The Labute approximate surface area is 124 Å². The summed E-state index contributed by atoms with van der Waals surface area (Å²) in [6.07, 6.45) is 0.472. The van der Waals surface area contributed by atoms with E-state index in [1.807, 2.05) is 29.6 Å². The molecule has 0 aliphatic rings. The lowest BCUT2D eigenvalue weighted by Gasteiger charge is -1.98. The molecule has 21 heavy (non-hydrogen) atoms. The minimum Gasteiger partial charge on any atom is -0.475 e. The van der Waals surface area contributed by atoms with Gasteiger partial charge in [-0.3, -0.25) is 0 Å². The summed E-state index contributed by atoms with van der Waals surface area (Å²) < 4.78 is 5.23. The fraction of sp³-hybridized carbons (Fsp3) is 0.0667. The number of carbonyl (C=O) groups is 1. The molecular weight excluding hydrogens is 288 g/mol. The highest BCUT2D eigenvalue weighted by atomic mass is 32.1. The molecule has 0 spiro atoms. The summed E-state index contributed by atoms with van der Waals surface area (Å²) in [6.45, 7) is 0. The highest BCUT2D eigenvalue weighted by molar-refractivity contribution is 7.10. The lowest BCUT2D eigenvalue weighted by molar-refractivity contribution is 0.0660. The molecule has 2 aromatic heterocycles. The average Bonchev–Trinajstić information content (AvgIpc) is 3.08. The monoisotopic (exact) mass is 300 g/mol. The normalized spacial score (nSPS) is 10.7. The first kappa shape index (κ1) is 13.4. The van der Waals surface area contributed by atoms with E-state index in [4.69, 9.17) is 15.3 Å². The Hall–Kier alpha value is -2.60. The lowest BCUT2D eigenvalue weighted by Crippen LogP contribution is -1.92. The summed E-state index contributed by atoms with van der Waals surface area (Å²) in [5.74, 6) is -0.542. The van der Waals surface area contributed by atoms with E-state index in [1.165, 1.54) is 17.4 Å². The summed E-state index contributed by atoms with van der Waals surface area (Å²) in [6, 6.07) is 10.6. The van der Waals surface area contributed by atoms with Gasteiger partial charge in [0, 0.05) is 16.6 Å². The summed E-state index contributed by atoms with van der Waals surface area (Å²) in [5, 5.41) is 11.6. The molecule has 0 unspecified atom stereocenters. The van der Waals surface area contributed by atoms with Crippen LogP contribution < -0.4 is 5.73 Å². The molecule has 0 fully saturated rings. The molecule has 1 aromatic carbocycles. The number of carboxylic acids is 1. The van der Waals surface area contributed by atoms with E-state index in [-0.39, 0.29) is 5.76 Å². The molecule has 0 saturated heterocycles. The van der Waals surface area contributed by atoms with E-state index in [0.717, 1.165) is 16.3 Å². The molecule has 0 radical (unpaired) electrons. The first-order valence-corrected chi connectivity index (χ1v) is 7.12. The Morgan fingerprint density at radius 1 is 1.33 bits per heavy atom. The summed E-state index contributed by atoms with van der Waals surface area (Å²) in [4.78, 5) is 15.3. The van der Waals surface area contributed by atoms with Crippen molar-refractivity contribution in [2.24, 2.45) is 0 Å². The number of carboxylic acid groups (broad SMARTS) is 1. The molecule has 6 heteroatoms. The van der Waals surface area contributed by atoms with Gasteiger partial charge in [0.2, 0.25) is 5.76 Å². The number of anilines is 1. The van der Waals surface area contributed by atoms with E-state index in [9.17, 15) is 4.79 Å². The van der Waals surface area contributed by atoms with Gasteiger partial charge in [-0.2, -0.15) is 0 Å². The number of rotatable bonds is 4. The molecular formula is C15H12N2O3S. The zero-order valence-corrected chi connectivity index (χ0v) is 11.8. The van der Waals surface area contributed by atoms with Gasteiger partial charge in [0.25, 0.3) is 0 Å². The van der Waals surface area contributed by atoms with Crippen LogP contribution in [-0.2, 0) is 6.42 Å². The van der Waals surface area contributed by atoms with E-state index >= 15 is 0 Å². The van der Waals surface area contributed by atoms with E-state index in [0.29, 0.717) is 17.9 Å². The van der Waals surface area contributed by atoms with Gasteiger partial charge in [0.05, 0.1) is 12.1 Å². The van der Waals surface area contributed by atoms with Crippen molar-refractivity contribution in [1.29, 1.82) is 0 Å². The third-order valence-corrected chi connectivity index (χ3v) is 3.78. The van der Waals surface area contributed by atoms with Gasteiger partial charge in [-0.15, -0.1) is 11.3 Å². The fourth-order valence-electron chi connectivity index (χ4n) is 1.96. The highest BCUT2D eigenvalue weighted by Gasteiger charge is 2.11. The number of nitrogens with zero attached hydrogens (tertiary/aromatic N) is 1. The zero-order valence-electron chi connectivity index (χ0n) is 10.9. The van der Waals surface area contributed by atoms with Crippen molar-refractivity contribution in [1.82, 2.24) is 4.98 Å². The standard InChI is InChI=1S/C15H12N2O3S/c16-10-3-1-2-9(6-10)12-8-21-14(17-12)7-11-4-5-13(20-11)15(18)19/h1-6,8H,7,16H2,(H,18,19). The molecule has 0 bridgehead atoms. The van der Waals surface area contributed by atoms with Crippen molar-refractivity contribution in [3.8, 4) is 11.3 Å². The molecule has 0 saturated carbocycles. The Morgan fingerprint density at radius 2 is 2.19 bits per heavy atom. The van der Waals surface area contributed by atoms with E-state index in [2.05, 4.69) is 4.98 Å². The van der Waals surface area contributed by atoms with Gasteiger partial charge in [-0.25, -0.2) is 9.78 Å². The van der Waals surface area contributed by atoms with Crippen molar-refractivity contribution in [3.05, 3.63) is 58.3 Å². The molecule has 0 aliphatic heterocycles. The predicted octanol–water partition coefficient (Wildman–Crippen LogP) is 3.27. The molecule has 3 N–H and O–H groups in total. The smallest absolute Gasteiger partial charge is 0.371 e. The number of benzene rings is 1. The van der Waals surface area contributed by atoms with Crippen LogP contribution in [0.25, 0.3) is 11.3 Å². The maximum absolute atomic E-state index is 10.8. The second-order valence-corrected chi connectivity index (χ2v) is 5.44. The second kappa shape index (κ2) is 5.41. The zero-order chi connectivity index (χ0) is 14.8. The molecule has 2 heterocycles. The highest BCUT2D eigenvalue weighted by Crippen LogP contribution is 2.25. The number of nitrogen functional groups attached to an aromatic ring is 1. The molecule has 3 rings (SSSR count). The topological polar surface area (TPSA) is 89.4 Å². The van der Waals surface area contributed by atoms with Gasteiger partial charge in [0.15, 0.2) is 0 Å². The van der Waals surface area contributed by atoms with Crippen molar-refractivity contribution in [3.63, 3.8) is 0 Å². The molecule has 106 valence electrons. The lowest BCUT2D eigenvalue weighted by atomic mass is 10.1. The van der Waals surface area contributed by atoms with Crippen molar-refractivity contribution >= 4 is 23.0 Å². The van der Waals surface area contributed by atoms with Crippen LogP contribution in [0.2, 0.25) is 0 Å². The molecule has 5 nitrogen and oxygen atoms in total. The number of aromatic carboxylic acids is 1. The molecule has 3 aromatic rings. The largest absolute Gasteiger partial charge is 0.475 e. The van der Waals surface area contributed by atoms with Crippen molar-refractivity contribution in [2.75, 3.05) is 5.73 Å². The van der Waals surface area contributed by atoms with Gasteiger partial charge in [-0.1, -0.05) is 12.1 Å². The number of furan rings is 1. The summed E-state index contributed by atoms with van der Waals surface area (Å²) >= 11 is 1.50. The minimum atomic E-state index is -1.07. The Morgan fingerprint density at radius 3 is 2.90 bits per heavy atom. The van der Waals surface area contributed by atoms with Gasteiger partial charge in [0.1, 0.15) is 10.8 Å². The predicted molar refractivity (Wildman–Crippen MR) is 80.4 cm³/mol. The van der Waals surface area contributed by atoms with Crippen LogP contribution >= 0.6 is 11.3 Å². The third kappa shape index (κ3) is 2.95. The maximum Gasteiger partial charge on any atom is 0.371 e. The van der Waals surface area contributed by atoms with Crippen molar-refractivity contribution in [2.45, 2.75) is 6.42 Å². The minimum absolute atomic E-state index is 0.0578. The van der Waals surface area contributed by atoms with Crippen LogP contribution in [0.4, 0.5) is 5.69 Å². The quantitative estimate of drug-likeness (QED) is 0.722. The summed E-state index contributed by atoms with van der Waals surface area (Å²) in [7, 11) is 0. The van der Waals surface area contributed by atoms with Crippen LogP contribution in [0.1, 0.15) is 21.3 Å². The summed E-state index contributed by atoms with van der Waals surface area (Å²) in [5.41, 5.74) is 8.27. The van der Waals surface area contributed by atoms with E-state index < -0.39 is 5.97 Å². The van der Waals surface area contributed by atoms with Crippen LogP contribution in [0.15, 0.2) is 46.2 Å². The van der Waals surface area contributed by atoms with Crippen LogP contribution in [0, 0.1) is 0 Å².